The van der Waals surface area contributed by atoms with Gasteiger partial charge in [-0.25, -0.2) is 0 Å². The summed E-state index contributed by atoms with van der Waals surface area (Å²) in [4.78, 5) is 0. The molecule has 4 nitrogen and oxygen atoms in total. The van der Waals surface area contributed by atoms with Gasteiger partial charge in [-0.2, -0.15) is 0 Å². The molecule has 0 spiro atoms. The highest BCUT2D eigenvalue weighted by Gasteiger charge is 2.15. The van der Waals surface area contributed by atoms with Crippen molar-refractivity contribution in [3.63, 3.8) is 0 Å². The number of aromatic nitrogens is 2. The molecule has 0 aliphatic carbocycles. The number of benzene rings is 1. The first-order valence-electron chi connectivity index (χ1n) is 5.67. The van der Waals surface area contributed by atoms with Crippen LogP contribution in [-0.4, -0.2) is 10.2 Å². The van der Waals surface area contributed by atoms with Crippen molar-refractivity contribution in [1.82, 2.24) is 10.2 Å². The molecule has 1 aliphatic rings. The first-order chi connectivity index (χ1) is 9.24. The van der Waals surface area contributed by atoms with E-state index in [-0.39, 0.29) is 0 Å². The molecule has 0 fully saturated rings. The summed E-state index contributed by atoms with van der Waals surface area (Å²) >= 11 is 5.92. The monoisotopic (exact) mass is 272 g/mol. The van der Waals surface area contributed by atoms with Gasteiger partial charge in [0.15, 0.2) is 0 Å². The van der Waals surface area contributed by atoms with Crippen LogP contribution >= 0.6 is 11.6 Å². The molecule has 19 heavy (non-hydrogen) atoms. The summed E-state index contributed by atoms with van der Waals surface area (Å²) < 4.78 is 10.6. The Labute approximate surface area is 115 Å². The molecule has 1 aliphatic heterocycles. The van der Waals surface area contributed by atoms with Crippen LogP contribution in [0.3, 0.4) is 0 Å². The molecule has 0 atom stereocenters. The van der Waals surface area contributed by atoms with Gasteiger partial charge >= 0.3 is 0 Å². The lowest BCUT2D eigenvalue weighted by Gasteiger charge is -2.01. The number of rotatable bonds is 2. The standard InChI is InChI=1S/C14H9ClN2O2/c1-9-7-11(15)4-5-12(9)14-17-16-13(19-14)10-3-2-6-18-8-10/h4-5,7-8H,3H2,1H3. The fraction of sp³-hybridized carbons (Fsp3) is 0.143. The fourth-order valence-electron chi connectivity index (χ4n) is 1.77. The van der Waals surface area contributed by atoms with Crippen LogP contribution in [0.25, 0.3) is 17.0 Å². The Morgan fingerprint density at radius 1 is 1.26 bits per heavy atom. The number of hydrogen-bond donors (Lipinski definition) is 0. The Balaban J connectivity index is 1.95. The molecule has 5 heteroatoms. The predicted molar refractivity (Wildman–Crippen MR) is 70.9 cm³/mol. The van der Waals surface area contributed by atoms with Crippen LogP contribution < -0.4 is 0 Å². The molecule has 3 rings (SSSR count). The average Bonchev–Trinajstić information content (AvgIpc) is 2.89. The zero-order valence-corrected chi connectivity index (χ0v) is 10.9. The largest absolute Gasteiger partial charge is 0.416 e. The number of halogens is 1. The van der Waals surface area contributed by atoms with E-state index < -0.39 is 0 Å². The summed E-state index contributed by atoms with van der Waals surface area (Å²) in [7, 11) is 0. The van der Waals surface area contributed by atoms with Crippen molar-refractivity contribution in [2.75, 3.05) is 0 Å². The van der Waals surface area contributed by atoms with E-state index in [1.807, 2.05) is 19.1 Å². The van der Waals surface area contributed by atoms with Gasteiger partial charge in [-0.15, -0.1) is 10.2 Å². The van der Waals surface area contributed by atoms with E-state index in [2.05, 4.69) is 22.2 Å². The molecule has 1 aromatic heterocycles. The minimum absolute atomic E-state index is 0.429. The molecule has 0 N–H and O–H groups in total. The predicted octanol–water partition coefficient (Wildman–Crippen LogP) is 3.42. The van der Waals surface area contributed by atoms with E-state index in [1.54, 1.807) is 6.07 Å². The average molecular weight is 273 g/mol. The molecule has 2 aromatic rings. The van der Waals surface area contributed by atoms with Crippen LogP contribution in [0.1, 0.15) is 17.9 Å². The summed E-state index contributed by atoms with van der Waals surface area (Å²) in [6, 6.07) is 5.51. The minimum atomic E-state index is 0.429. The maximum absolute atomic E-state index is 5.92. The Morgan fingerprint density at radius 3 is 2.84 bits per heavy atom. The lowest BCUT2D eigenvalue weighted by Crippen LogP contribution is -1.88. The van der Waals surface area contributed by atoms with Crippen molar-refractivity contribution < 1.29 is 9.15 Å². The van der Waals surface area contributed by atoms with E-state index >= 15 is 0 Å². The van der Waals surface area contributed by atoms with Gasteiger partial charge in [-0.3, -0.25) is 0 Å². The van der Waals surface area contributed by atoms with Gasteiger partial charge in [-0.1, -0.05) is 17.5 Å². The highest BCUT2D eigenvalue weighted by Crippen LogP contribution is 2.27. The highest BCUT2D eigenvalue weighted by molar-refractivity contribution is 6.30. The molecular formula is C14H9ClN2O2. The topological polar surface area (TPSA) is 48.2 Å². The summed E-state index contributed by atoms with van der Waals surface area (Å²) in [5.74, 6) is 3.71. The third kappa shape index (κ3) is 2.33. The van der Waals surface area contributed by atoms with Crippen LogP contribution in [-0.2, 0) is 4.74 Å². The van der Waals surface area contributed by atoms with Crippen molar-refractivity contribution >= 4 is 17.2 Å². The zero-order chi connectivity index (χ0) is 13.2. The summed E-state index contributed by atoms with van der Waals surface area (Å²) in [6.07, 6.45) is 4.58. The summed E-state index contributed by atoms with van der Waals surface area (Å²) in [5.41, 5.74) is 2.63. The van der Waals surface area contributed by atoms with Crippen molar-refractivity contribution in [3.8, 4) is 23.5 Å². The zero-order valence-electron chi connectivity index (χ0n) is 10.1. The van der Waals surface area contributed by atoms with Crippen molar-refractivity contribution in [1.29, 1.82) is 0 Å². The minimum Gasteiger partial charge on any atom is -0.416 e. The first kappa shape index (κ1) is 11.8. The molecular weight excluding hydrogens is 264 g/mol. The number of nitrogens with zero attached hydrogens (tertiary/aromatic N) is 2. The van der Waals surface area contributed by atoms with Gasteiger partial charge in [-0.05, 0) is 30.7 Å². The highest BCUT2D eigenvalue weighted by atomic mass is 35.5. The van der Waals surface area contributed by atoms with Gasteiger partial charge in [0.05, 0.1) is 5.57 Å². The van der Waals surface area contributed by atoms with Crippen LogP contribution in [0, 0.1) is 19.0 Å². The van der Waals surface area contributed by atoms with E-state index in [4.69, 9.17) is 20.8 Å². The third-order valence-electron chi connectivity index (χ3n) is 2.73. The number of allylic oxidation sites excluding steroid dienone is 1. The van der Waals surface area contributed by atoms with Crippen LogP contribution in [0.4, 0.5) is 0 Å². The van der Waals surface area contributed by atoms with Gasteiger partial charge < -0.3 is 9.15 Å². The van der Waals surface area contributed by atoms with Crippen LogP contribution in [0.15, 0.2) is 28.9 Å². The van der Waals surface area contributed by atoms with Gasteiger partial charge in [0.1, 0.15) is 12.4 Å². The lowest BCUT2D eigenvalue weighted by molar-refractivity contribution is 0.433. The second-order valence-corrected chi connectivity index (χ2v) is 4.52. The Hall–Kier alpha value is -2.25. The van der Waals surface area contributed by atoms with Crippen molar-refractivity contribution in [3.05, 3.63) is 40.9 Å². The lowest BCUT2D eigenvalue weighted by atomic mass is 10.1. The maximum atomic E-state index is 5.92. The van der Waals surface area contributed by atoms with Gasteiger partial charge in [0.2, 0.25) is 11.8 Å². The van der Waals surface area contributed by atoms with Crippen LogP contribution in [0.2, 0.25) is 5.02 Å². The molecule has 1 aromatic carbocycles. The molecule has 0 saturated heterocycles. The fourth-order valence-corrected chi connectivity index (χ4v) is 2.00. The van der Waals surface area contributed by atoms with E-state index in [0.717, 1.165) is 16.7 Å². The summed E-state index contributed by atoms with van der Waals surface area (Å²) in [6.45, 7) is 1.94. The molecule has 0 radical (unpaired) electrons. The molecule has 0 unspecified atom stereocenters. The number of ether oxygens (including phenoxy) is 1. The van der Waals surface area contributed by atoms with E-state index in [9.17, 15) is 0 Å². The third-order valence-corrected chi connectivity index (χ3v) is 2.96. The van der Waals surface area contributed by atoms with E-state index in [1.165, 1.54) is 6.26 Å². The van der Waals surface area contributed by atoms with Crippen molar-refractivity contribution in [2.45, 2.75) is 13.3 Å². The Morgan fingerprint density at radius 2 is 2.11 bits per heavy atom. The maximum Gasteiger partial charge on any atom is 0.248 e. The molecule has 0 amide bonds. The quantitative estimate of drug-likeness (QED) is 0.786. The molecule has 0 bridgehead atoms. The Bertz CT molecular complexity index is 723. The Kier molecular flexibility index (Phi) is 2.98. The number of aryl methyl sites for hydroxylation is 1. The van der Waals surface area contributed by atoms with Crippen LogP contribution in [0.5, 0.6) is 0 Å². The molecule has 2 heterocycles. The van der Waals surface area contributed by atoms with Crippen molar-refractivity contribution in [2.24, 2.45) is 0 Å². The van der Waals surface area contributed by atoms with Gasteiger partial charge in [0, 0.05) is 17.0 Å². The first-order valence-corrected chi connectivity index (χ1v) is 6.05. The summed E-state index contributed by atoms with van der Waals surface area (Å²) in [5, 5.41) is 8.74. The molecule has 94 valence electrons. The van der Waals surface area contributed by atoms with Gasteiger partial charge in [0.25, 0.3) is 0 Å². The smallest absolute Gasteiger partial charge is 0.248 e. The second-order valence-electron chi connectivity index (χ2n) is 4.09. The SMILES string of the molecule is Cc1cc(Cl)ccc1-c1nnc(C2=COC#CC2)o1. The normalized spacial score (nSPS) is 13.3. The second kappa shape index (κ2) is 4.79. The number of hydrogen-bond acceptors (Lipinski definition) is 4. The molecule has 0 saturated carbocycles. The van der Waals surface area contributed by atoms with E-state index in [0.29, 0.717) is 23.2 Å².